The number of nitrogen functional groups attached to an aromatic ring is 1. The van der Waals surface area contributed by atoms with E-state index in [1.807, 2.05) is 0 Å². The molecule has 0 saturated carbocycles. The molecule has 1 aromatic heterocycles. The third-order valence-corrected chi connectivity index (χ3v) is 2.76. The van der Waals surface area contributed by atoms with Crippen LogP contribution in [0.3, 0.4) is 0 Å². The Labute approximate surface area is 104 Å². The van der Waals surface area contributed by atoms with E-state index in [0.717, 1.165) is 0 Å². The number of methoxy groups -OCH3 is 2. The van der Waals surface area contributed by atoms with Gasteiger partial charge in [-0.05, 0) is 12.1 Å². The molecule has 2 rings (SSSR count). The van der Waals surface area contributed by atoms with E-state index in [4.69, 9.17) is 15.2 Å². The SMILES string of the molecule is COc1ccc(-c2cnn(C)c2N)c(OC)c1F. The van der Waals surface area contributed by atoms with Crippen molar-refractivity contribution in [3.05, 3.63) is 24.1 Å². The molecule has 5 nitrogen and oxygen atoms in total. The quantitative estimate of drug-likeness (QED) is 0.903. The maximum atomic E-state index is 14.0. The Morgan fingerprint density at radius 3 is 2.44 bits per heavy atom. The van der Waals surface area contributed by atoms with E-state index in [2.05, 4.69) is 5.10 Å². The minimum atomic E-state index is -0.555. The average molecular weight is 251 g/mol. The fraction of sp³-hybridized carbons (Fsp3) is 0.250. The molecular weight excluding hydrogens is 237 g/mol. The van der Waals surface area contributed by atoms with Crippen molar-refractivity contribution in [2.45, 2.75) is 0 Å². The van der Waals surface area contributed by atoms with Gasteiger partial charge in [0, 0.05) is 18.2 Å². The number of halogens is 1. The molecule has 0 aliphatic heterocycles. The number of hydrogen-bond donors (Lipinski definition) is 1. The summed E-state index contributed by atoms with van der Waals surface area (Å²) >= 11 is 0. The summed E-state index contributed by atoms with van der Waals surface area (Å²) in [7, 11) is 4.51. The highest BCUT2D eigenvalue weighted by molar-refractivity contribution is 5.79. The largest absolute Gasteiger partial charge is 0.494 e. The minimum Gasteiger partial charge on any atom is -0.494 e. The van der Waals surface area contributed by atoms with Gasteiger partial charge in [0.15, 0.2) is 11.5 Å². The Morgan fingerprint density at radius 1 is 1.22 bits per heavy atom. The highest BCUT2D eigenvalue weighted by Gasteiger charge is 2.19. The molecule has 0 unspecified atom stereocenters. The number of aryl methyl sites for hydroxylation is 1. The molecule has 0 aliphatic carbocycles. The van der Waals surface area contributed by atoms with Gasteiger partial charge in [-0.3, -0.25) is 4.68 Å². The number of nitrogens with zero attached hydrogens (tertiary/aromatic N) is 2. The molecule has 0 radical (unpaired) electrons. The Balaban J connectivity index is 2.65. The number of rotatable bonds is 3. The monoisotopic (exact) mass is 251 g/mol. The second-order valence-electron chi connectivity index (χ2n) is 3.73. The first kappa shape index (κ1) is 12.2. The number of nitrogens with two attached hydrogens (primary N) is 1. The summed E-state index contributed by atoms with van der Waals surface area (Å²) in [5, 5.41) is 4.02. The van der Waals surface area contributed by atoms with Gasteiger partial charge < -0.3 is 15.2 Å². The number of aromatic nitrogens is 2. The Hall–Kier alpha value is -2.24. The van der Waals surface area contributed by atoms with Gasteiger partial charge in [-0.25, -0.2) is 0 Å². The summed E-state index contributed by atoms with van der Waals surface area (Å²) in [4.78, 5) is 0. The summed E-state index contributed by atoms with van der Waals surface area (Å²) in [5.74, 6) is 0.103. The molecule has 18 heavy (non-hydrogen) atoms. The van der Waals surface area contributed by atoms with Crippen molar-refractivity contribution in [2.24, 2.45) is 7.05 Å². The van der Waals surface area contributed by atoms with Gasteiger partial charge in [0.05, 0.1) is 20.4 Å². The second-order valence-corrected chi connectivity index (χ2v) is 3.73. The van der Waals surface area contributed by atoms with Crippen molar-refractivity contribution >= 4 is 5.82 Å². The van der Waals surface area contributed by atoms with Gasteiger partial charge in [0.1, 0.15) is 5.82 Å². The molecule has 96 valence electrons. The van der Waals surface area contributed by atoms with Crippen molar-refractivity contribution in [3.8, 4) is 22.6 Å². The Bertz CT molecular complexity index is 581. The molecule has 6 heteroatoms. The van der Waals surface area contributed by atoms with E-state index in [-0.39, 0.29) is 11.5 Å². The van der Waals surface area contributed by atoms with Gasteiger partial charge in [0.25, 0.3) is 0 Å². The predicted octanol–water partition coefficient (Wildman–Crippen LogP) is 1.83. The lowest BCUT2D eigenvalue weighted by atomic mass is 10.1. The van der Waals surface area contributed by atoms with Crippen molar-refractivity contribution < 1.29 is 13.9 Å². The minimum absolute atomic E-state index is 0.0917. The van der Waals surface area contributed by atoms with E-state index in [9.17, 15) is 4.39 Å². The molecule has 0 saturated heterocycles. The maximum absolute atomic E-state index is 14.0. The lowest BCUT2D eigenvalue weighted by molar-refractivity contribution is 0.351. The van der Waals surface area contributed by atoms with Crippen LogP contribution in [0.15, 0.2) is 18.3 Å². The number of benzene rings is 1. The van der Waals surface area contributed by atoms with Crippen LogP contribution < -0.4 is 15.2 Å². The lowest BCUT2D eigenvalue weighted by Crippen LogP contribution is -2.00. The molecule has 2 aromatic rings. The van der Waals surface area contributed by atoms with Crippen LogP contribution in [0.1, 0.15) is 0 Å². The first-order valence-electron chi connectivity index (χ1n) is 5.28. The molecule has 0 amide bonds. The van der Waals surface area contributed by atoms with Gasteiger partial charge in [-0.1, -0.05) is 0 Å². The van der Waals surface area contributed by atoms with Crippen LogP contribution in [0, 0.1) is 5.82 Å². The van der Waals surface area contributed by atoms with Crippen molar-refractivity contribution in [2.75, 3.05) is 20.0 Å². The van der Waals surface area contributed by atoms with Crippen LogP contribution >= 0.6 is 0 Å². The summed E-state index contributed by atoms with van der Waals surface area (Å²) < 4.78 is 25.5. The fourth-order valence-corrected chi connectivity index (χ4v) is 1.76. The van der Waals surface area contributed by atoms with E-state index < -0.39 is 5.82 Å². The fourth-order valence-electron chi connectivity index (χ4n) is 1.76. The van der Waals surface area contributed by atoms with Crippen LogP contribution in [0.25, 0.3) is 11.1 Å². The molecule has 1 aromatic carbocycles. The molecule has 0 aliphatic rings. The zero-order valence-electron chi connectivity index (χ0n) is 10.4. The van der Waals surface area contributed by atoms with E-state index in [1.54, 1.807) is 19.3 Å². The lowest BCUT2D eigenvalue weighted by Gasteiger charge is -2.11. The van der Waals surface area contributed by atoms with Crippen molar-refractivity contribution in [1.29, 1.82) is 0 Å². The summed E-state index contributed by atoms with van der Waals surface area (Å²) in [6, 6.07) is 3.22. The molecular formula is C12H14FN3O2. The predicted molar refractivity (Wildman–Crippen MR) is 66.1 cm³/mol. The molecule has 0 fully saturated rings. The highest BCUT2D eigenvalue weighted by Crippen LogP contribution is 2.38. The van der Waals surface area contributed by atoms with Crippen LogP contribution in [0.5, 0.6) is 11.5 Å². The number of ether oxygens (including phenoxy) is 2. The van der Waals surface area contributed by atoms with Gasteiger partial charge in [0.2, 0.25) is 5.82 Å². The van der Waals surface area contributed by atoms with Crippen LogP contribution in [-0.4, -0.2) is 24.0 Å². The molecule has 0 atom stereocenters. The third kappa shape index (κ3) is 1.75. The molecule has 0 bridgehead atoms. The van der Waals surface area contributed by atoms with Crippen LogP contribution in [-0.2, 0) is 7.05 Å². The standard InChI is InChI=1S/C12H14FN3O2/c1-16-12(14)8(6-15-16)7-4-5-9(17-2)10(13)11(7)18-3/h4-6H,14H2,1-3H3. The van der Waals surface area contributed by atoms with Crippen molar-refractivity contribution in [3.63, 3.8) is 0 Å². The molecule has 0 spiro atoms. The van der Waals surface area contributed by atoms with Crippen LogP contribution in [0.4, 0.5) is 10.2 Å². The first-order valence-corrected chi connectivity index (χ1v) is 5.28. The number of anilines is 1. The maximum Gasteiger partial charge on any atom is 0.207 e. The van der Waals surface area contributed by atoms with E-state index >= 15 is 0 Å². The Kier molecular flexibility index (Phi) is 3.10. The Morgan fingerprint density at radius 2 is 1.94 bits per heavy atom. The van der Waals surface area contributed by atoms with Crippen molar-refractivity contribution in [1.82, 2.24) is 9.78 Å². The van der Waals surface area contributed by atoms with Gasteiger partial charge in [-0.15, -0.1) is 0 Å². The smallest absolute Gasteiger partial charge is 0.207 e. The van der Waals surface area contributed by atoms with Crippen LogP contribution in [0.2, 0.25) is 0 Å². The number of hydrogen-bond acceptors (Lipinski definition) is 4. The average Bonchev–Trinajstić information content (AvgIpc) is 2.69. The zero-order chi connectivity index (χ0) is 13.3. The van der Waals surface area contributed by atoms with E-state index in [1.165, 1.54) is 25.0 Å². The molecule has 1 heterocycles. The summed E-state index contributed by atoms with van der Waals surface area (Å²) in [6.45, 7) is 0. The van der Waals surface area contributed by atoms with E-state index in [0.29, 0.717) is 16.9 Å². The normalized spacial score (nSPS) is 10.4. The summed E-state index contributed by atoms with van der Waals surface area (Å²) in [6.07, 6.45) is 1.57. The third-order valence-electron chi connectivity index (χ3n) is 2.76. The highest BCUT2D eigenvalue weighted by atomic mass is 19.1. The first-order chi connectivity index (χ1) is 8.60. The van der Waals surface area contributed by atoms with Gasteiger partial charge in [-0.2, -0.15) is 9.49 Å². The molecule has 2 N–H and O–H groups in total. The zero-order valence-corrected chi connectivity index (χ0v) is 10.4. The topological polar surface area (TPSA) is 62.3 Å². The summed E-state index contributed by atoms with van der Waals surface area (Å²) in [5.41, 5.74) is 7.03. The van der Waals surface area contributed by atoms with Gasteiger partial charge >= 0.3 is 0 Å². The second kappa shape index (κ2) is 4.56.